The van der Waals surface area contributed by atoms with Crippen LogP contribution in [0.5, 0.6) is 17.2 Å². The van der Waals surface area contributed by atoms with Gasteiger partial charge in [-0.15, -0.1) is 0 Å². The zero-order valence-electron chi connectivity index (χ0n) is 50.0. The van der Waals surface area contributed by atoms with Crippen molar-refractivity contribution in [2.24, 2.45) is 11.8 Å². The Morgan fingerprint density at radius 3 is 1.26 bits per heavy atom. The number of hydrogen-bond donors (Lipinski definition) is 0. The fourth-order valence-corrected chi connectivity index (χ4v) is 14.6. The molecule has 0 bridgehead atoms. The summed E-state index contributed by atoms with van der Waals surface area (Å²) in [5, 5.41) is 8.08. The summed E-state index contributed by atoms with van der Waals surface area (Å²) in [6.07, 6.45) is 14.5. The first kappa shape index (κ1) is 55.7. The van der Waals surface area contributed by atoms with Crippen LogP contribution in [0.4, 0.5) is 17.1 Å². The second-order valence-corrected chi connectivity index (χ2v) is 24.2. The van der Waals surface area contributed by atoms with E-state index < -0.39 is 15.1 Å². The summed E-state index contributed by atoms with van der Waals surface area (Å²) in [6, 6.07) is 104. The van der Waals surface area contributed by atoms with Crippen LogP contribution in [-0.4, -0.2) is 34.7 Å². The van der Waals surface area contributed by atoms with Crippen LogP contribution in [0.25, 0.3) is 82.5 Å². The van der Waals surface area contributed by atoms with E-state index in [4.69, 9.17) is 11.4 Å². The fraction of sp³-hybridized carbons (Fsp3) is 0.0241. The predicted octanol–water partition coefficient (Wildman–Crippen LogP) is 18.5. The van der Waals surface area contributed by atoms with Gasteiger partial charge >= 0.3 is 15.1 Å². The highest BCUT2D eigenvalue weighted by Crippen LogP contribution is 2.42. The number of para-hydroxylation sites is 6. The molecule has 436 valence electrons. The molecule has 92 heavy (non-hydrogen) atoms. The first-order valence-corrected chi connectivity index (χ1v) is 32.5. The minimum absolute atomic E-state index is 0.251. The third-order valence-electron chi connectivity index (χ3n) is 17.4. The molecule has 9 heteroatoms. The quantitative estimate of drug-likeness (QED) is 0.106. The number of pyridine rings is 3. The number of hydrogen-bond acceptors (Lipinski definition) is 7. The van der Waals surface area contributed by atoms with E-state index in [2.05, 4.69) is 255 Å². The van der Waals surface area contributed by atoms with E-state index in [1.807, 2.05) is 91.0 Å². The van der Waals surface area contributed by atoms with Crippen molar-refractivity contribution in [1.29, 1.82) is 0 Å². The molecule has 0 fully saturated rings. The largest absolute Gasteiger partial charge is 1.20 e. The van der Waals surface area contributed by atoms with Crippen LogP contribution in [0.1, 0.15) is 11.1 Å². The van der Waals surface area contributed by atoms with Gasteiger partial charge in [-0.2, -0.15) is 0 Å². The standard InChI is InChI=1S/C56H40N2.3C9H7NO.Al/c1-4-16-40(17-5-1)55-48-23-10-12-25-50(48)56(51-26-13-11-24-49(51)55)41-30-35-46(36-31-41)58-53-27-15-14-22-47(53)52-38-42(32-37-54(52)58)39-28-33-45(34-29-39)57(43-18-6-2-7-19-43)44-20-8-3-9-21-44;3*11-8-5-1-3-7-4-2-6-10-9(7)8;/h1-38,48,50H;3*1-6,11H;/q;;;;+3/p-3. The van der Waals surface area contributed by atoms with Crippen molar-refractivity contribution in [2.75, 3.05) is 4.90 Å². The molecule has 8 nitrogen and oxygen atoms in total. The lowest BCUT2D eigenvalue weighted by atomic mass is 9.70. The van der Waals surface area contributed by atoms with Crippen molar-refractivity contribution in [2.45, 2.75) is 0 Å². The van der Waals surface area contributed by atoms with Crippen molar-refractivity contribution in [1.82, 2.24) is 19.5 Å². The average molecular weight is 1200 g/mol. The first-order valence-electron chi connectivity index (χ1n) is 31.0. The van der Waals surface area contributed by atoms with E-state index in [1.165, 1.54) is 65.6 Å². The van der Waals surface area contributed by atoms with Gasteiger partial charge in [-0.1, -0.05) is 218 Å². The summed E-state index contributed by atoms with van der Waals surface area (Å²) >= 11 is -2.86. The van der Waals surface area contributed by atoms with Gasteiger partial charge in [0.05, 0.1) is 11.0 Å². The maximum absolute atomic E-state index is 6.41. The van der Waals surface area contributed by atoms with Crippen molar-refractivity contribution < 1.29 is 11.4 Å². The van der Waals surface area contributed by atoms with Crippen LogP contribution >= 0.6 is 0 Å². The Bertz CT molecular complexity index is 5160. The van der Waals surface area contributed by atoms with Gasteiger partial charge in [-0.25, -0.2) is 0 Å². The van der Waals surface area contributed by atoms with Crippen molar-refractivity contribution in [3.05, 3.63) is 362 Å². The normalized spacial score (nSPS) is 14.0. The smallest absolute Gasteiger partial charge is 0.576 e. The van der Waals surface area contributed by atoms with Gasteiger partial charge in [0, 0.05) is 80.1 Å². The van der Waals surface area contributed by atoms with Crippen LogP contribution in [0.3, 0.4) is 0 Å². The maximum Gasteiger partial charge on any atom is 1.20 e. The average Bonchev–Trinajstić information content (AvgIpc) is 1.10. The summed E-state index contributed by atoms with van der Waals surface area (Å²) in [7, 11) is 0. The van der Waals surface area contributed by atoms with Gasteiger partial charge < -0.3 is 20.8 Å². The predicted molar refractivity (Wildman–Crippen MR) is 376 cm³/mol. The molecule has 2 aliphatic rings. The number of allylic oxidation sites excluding steroid dienone is 4. The lowest BCUT2D eigenvalue weighted by Gasteiger charge is -2.33. The van der Waals surface area contributed by atoms with Gasteiger partial charge in [-0.05, 0) is 147 Å². The molecule has 17 rings (SSSR count). The zero-order valence-corrected chi connectivity index (χ0v) is 51.2. The molecule has 0 saturated carbocycles. The Balaban J connectivity index is 0.000000168. The second kappa shape index (κ2) is 24.8. The topological polar surface area (TPSA) is 74.5 Å². The molecule has 2 atom stereocenters. The molecule has 4 aromatic heterocycles. The molecule has 15 aromatic rings. The lowest BCUT2D eigenvalue weighted by Crippen LogP contribution is -2.40. The third kappa shape index (κ3) is 10.7. The number of nitrogens with zero attached hydrogens (tertiary/aromatic N) is 5. The number of rotatable bonds is 13. The second-order valence-electron chi connectivity index (χ2n) is 22.9. The highest BCUT2D eigenvalue weighted by molar-refractivity contribution is 6.40. The van der Waals surface area contributed by atoms with Crippen LogP contribution in [-0.2, 0) is 0 Å². The Morgan fingerprint density at radius 1 is 0.326 bits per heavy atom. The summed E-state index contributed by atoms with van der Waals surface area (Å²) in [5.41, 5.74) is 17.0. The summed E-state index contributed by atoms with van der Waals surface area (Å²) in [5.74, 6) is 2.34. The molecule has 0 spiro atoms. The summed E-state index contributed by atoms with van der Waals surface area (Å²) in [4.78, 5) is 15.8. The van der Waals surface area contributed by atoms with E-state index in [0.29, 0.717) is 17.2 Å². The first-order chi connectivity index (χ1) is 45.6. The molecule has 2 unspecified atom stereocenters. The van der Waals surface area contributed by atoms with Gasteiger partial charge in [0.25, 0.3) is 0 Å². The van der Waals surface area contributed by atoms with E-state index in [9.17, 15) is 0 Å². The molecular weight excluding hydrogens is 1140 g/mol. The molecule has 11 aromatic carbocycles. The number of fused-ring (bicyclic) bond motifs is 8. The van der Waals surface area contributed by atoms with Crippen LogP contribution in [0.15, 0.2) is 340 Å². The molecule has 0 N–H and O–H groups in total. The lowest BCUT2D eigenvalue weighted by molar-refractivity contribution is 0.311. The van der Waals surface area contributed by atoms with Gasteiger partial charge in [0.1, 0.15) is 33.8 Å². The molecule has 0 aliphatic heterocycles. The fourth-order valence-electron chi connectivity index (χ4n) is 13.3. The Kier molecular flexibility index (Phi) is 15.0. The van der Waals surface area contributed by atoms with Crippen LogP contribution in [0.2, 0.25) is 0 Å². The minimum atomic E-state index is -2.86. The molecule has 4 heterocycles. The minimum Gasteiger partial charge on any atom is -0.576 e. The van der Waals surface area contributed by atoms with Crippen LogP contribution < -0.4 is 26.7 Å². The summed E-state index contributed by atoms with van der Waals surface area (Å²) < 4.78 is 21.7. The van der Waals surface area contributed by atoms with Crippen molar-refractivity contribution in [3.63, 3.8) is 0 Å². The molecule has 0 saturated heterocycles. The van der Waals surface area contributed by atoms with Crippen molar-refractivity contribution >= 4 is 97.9 Å². The highest BCUT2D eigenvalue weighted by Gasteiger charge is 2.46. The van der Waals surface area contributed by atoms with Crippen LogP contribution in [0, 0.1) is 11.8 Å². The van der Waals surface area contributed by atoms with E-state index in [-0.39, 0.29) is 11.8 Å². The van der Waals surface area contributed by atoms with Gasteiger partial charge in [-0.3, -0.25) is 15.0 Å². The Hall–Kier alpha value is -11.6. The third-order valence-corrected chi connectivity index (χ3v) is 18.8. The monoisotopic (exact) mass is 1200 g/mol. The van der Waals surface area contributed by atoms with Crippen molar-refractivity contribution in [3.8, 4) is 34.1 Å². The van der Waals surface area contributed by atoms with E-state index >= 15 is 0 Å². The van der Waals surface area contributed by atoms with Gasteiger partial charge in [0.2, 0.25) is 0 Å². The number of benzene rings is 11. The molecular formula is C83H58AlN5O3. The van der Waals surface area contributed by atoms with E-state index in [0.717, 1.165) is 55.5 Å². The van der Waals surface area contributed by atoms with E-state index in [1.54, 1.807) is 18.6 Å². The number of anilines is 3. The zero-order chi connectivity index (χ0) is 61.2. The highest BCUT2D eigenvalue weighted by atomic mass is 27.3. The molecule has 0 amide bonds. The molecule has 0 radical (unpaired) electrons. The van der Waals surface area contributed by atoms with Gasteiger partial charge in [0.15, 0.2) is 0 Å². The maximum atomic E-state index is 6.41. The Morgan fingerprint density at radius 2 is 0.739 bits per heavy atom. The number of aromatic nitrogens is 4. The summed E-state index contributed by atoms with van der Waals surface area (Å²) in [6.45, 7) is 0. The molecule has 2 aliphatic carbocycles. The SMILES string of the molecule is C1=CC2C(c3ccccc3)=c3ccccc3=C(c3ccc(-n4c5ccccc5c5cc(-c6ccc(N(c7ccccc7)c7ccccc7)cc6)ccc54)cc3)C2C=C1.c1cnc2c([O][Al]([O]c3cccc4cccnc34)[O]c3cccc4cccnc34)cccc2c1. The Labute approximate surface area is 537 Å².